The second-order valence-electron chi connectivity index (χ2n) is 9.65. The molecule has 0 saturated heterocycles. The number of halogens is 5. The van der Waals surface area contributed by atoms with Crippen molar-refractivity contribution in [3.63, 3.8) is 0 Å². The predicted molar refractivity (Wildman–Crippen MR) is 127 cm³/mol. The molecule has 34 heavy (non-hydrogen) atoms. The minimum atomic E-state index is -4.17. The van der Waals surface area contributed by atoms with Crippen LogP contribution in [0.4, 0.5) is 23.2 Å². The summed E-state index contributed by atoms with van der Waals surface area (Å²) in [5.41, 5.74) is 2.11. The second-order valence-corrected chi connectivity index (χ2v) is 10.5. The summed E-state index contributed by atoms with van der Waals surface area (Å²) >= 11 is 3.51. The Morgan fingerprint density at radius 2 is 1.79 bits per heavy atom. The smallest absolute Gasteiger partial charge is 0.391 e. The Hall–Kier alpha value is -2.35. The van der Waals surface area contributed by atoms with E-state index < -0.39 is 29.4 Å². The average molecular weight is 540 g/mol. The van der Waals surface area contributed by atoms with E-state index in [2.05, 4.69) is 21.2 Å². The summed E-state index contributed by atoms with van der Waals surface area (Å²) in [7, 11) is 0. The van der Waals surface area contributed by atoms with Crippen LogP contribution >= 0.6 is 15.9 Å². The summed E-state index contributed by atoms with van der Waals surface area (Å²) in [6, 6.07) is 7.81. The van der Waals surface area contributed by atoms with E-state index in [4.69, 9.17) is 4.74 Å². The predicted octanol–water partition coefficient (Wildman–Crippen LogP) is 8.07. The molecule has 1 fully saturated rings. The van der Waals surface area contributed by atoms with Crippen molar-refractivity contribution in [2.24, 2.45) is 11.8 Å². The Bertz CT molecular complexity index is 1150. The number of rotatable bonds is 3. The van der Waals surface area contributed by atoms with Gasteiger partial charge in [0.25, 0.3) is 5.91 Å². The van der Waals surface area contributed by atoms with Gasteiger partial charge in [-0.3, -0.25) is 4.79 Å². The molecule has 1 saturated carbocycles. The summed E-state index contributed by atoms with van der Waals surface area (Å²) < 4.78 is 60.2. The number of amides is 1. The van der Waals surface area contributed by atoms with Crippen LogP contribution in [-0.2, 0) is 0 Å². The highest BCUT2D eigenvalue weighted by Crippen LogP contribution is 2.49. The average Bonchev–Trinajstić information content (AvgIpc) is 2.75. The number of allylic oxidation sites excluding steroid dienone is 1. The van der Waals surface area contributed by atoms with E-state index in [9.17, 15) is 22.4 Å². The lowest BCUT2D eigenvalue weighted by Crippen LogP contribution is -2.32. The van der Waals surface area contributed by atoms with Gasteiger partial charge in [-0.05, 0) is 110 Å². The monoisotopic (exact) mass is 539 g/mol. The van der Waals surface area contributed by atoms with Gasteiger partial charge in [-0.2, -0.15) is 13.2 Å². The van der Waals surface area contributed by atoms with Gasteiger partial charge in [0, 0.05) is 16.8 Å². The number of hydrogen-bond donors (Lipinski definition) is 1. The van der Waals surface area contributed by atoms with Crippen LogP contribution in [0.15, 0.2) is 40.9 Å². The van der Waals surface area contributed by atoms with Crippen molar-refractivity contribution in [3.05, 3.63) is 63.4 Å². The fourth-order valence-corrected chi connectivity index (χ4v) is 5.27. The molecule has 1 heterocycles. The van der Waals surface area contributed by atoms with E-state index in [1.807, 2.05) is 19.9 Å². The molecule has 1 aliphatic heterocycles. The van der Waals surface area contributed by atoms with Gasteiger partial charge in [-0.25, -0.2) is 4.39 Å². The van der Waals surface area contributed by atoms with Crippen molar-refractivity contribution < 1.29 is 27.1 Å². The van der Waals surface area contributed by atoms with E-state index in [1.165, 1.54) is 6.07 Å². The van der Waals surface area contributed by atoms with E-state index in [1.54, 1.807) is 31.2 Å². The molecule has 1 N–H and O–H groups in total. The number of benzene rings is 2. The van der Waals surface area contributed by atoms with Gasteiger partial charge in [-0.15, -0.1) is 0 Å². The lowest BCUT2D eigenvalue weighted by molar-refractivity contribution is -0.183. The maximum Gasteiger partial charge on any atom is 0.391 e. The normalized spacial score (nSPS) is 21.8. The molecule has 0 radical (unpaired) electrons. The quantitative estimate of drug-likeness (QED) is 0.400. The molecule has 1 aliphatic carbocycles. The van der Waals surface area contributed by atoms with Crippen LogP contribution in [0.2, 0.25) is 0 Å². The lowest BCUT2D eigenvalue weighted by atomic mass is 9.74. The Labute approximate surface area is 204 Å². The molecule has 2 aromatic carbocycles. The summed E-state index contributed by atoms with van der Waals surface area (Å²) in [5.74, 6) is -1.60. The second kappa shape index (κ2) is 9.02. The number of nitrogens with one attached hydrogen (secondary N) is 1. The number of alkyl halides is 3. The fourth-order valence-electron chi connectivity index (χ4n) is 4.73. The van der Waals surface area contributed by atoms with Crippen LogP contribution in [0, 0.1) is 24.6 Å². The Kier molecular flexibility index (Phi) is 6.57. The van der Waals surface area contributed by atoms with Gasteiger partial charge in [0.05, 0.1) is 10.4 Å². The number of hydrogen-bond acceptors (Lipinski definition) is 2. The highest BCUT2D eigenvalue weighted by Gasteiger charge is 2.43. The van der Waals surface area contributed by atoms with E-state index in [-0.39, 0.29) is 18.8 Å². The topological polar surface area (TPSA) is 38.3 Å². The Morgan fingerprint density at radius 3 is 2.41 bits per heavy atom. The standard InChI is InChI=1S/C26H26BrF4NO2/c1-14-4-9-18(12-22(14)28)32-24(33)16-10-19-20(13-25(2,3)34-23(19)21(27)11-16)15-5-7-17(8-6-15)26(29,30)31/h4,9-13,15,17H,5-8H2,1-3H3,(H,32,33). The molecule has 0 unspecified atom stereocenters. The highest BCUT2D eigenvalue weighted by molar-refractivity contribution is 9.10. The molecule has 182 valence electrons. The molecular formula is C26H26BrF4NO2. The van der Waals surface area contributed by atoms with Crippen LogP contribution < -0.4 is 10.1 Å². The van der Waals surface area contributed by atoms with Gasteiger partial charge in [0.15, 0.2) is 0 Å². The van der Waals surface area contributed by atoms with Crippen LogP contribution in [0.5, 0.6) is 5.75 Å². The van der Waals surface area contributed by atoms with E-state index >= 15 is 0 Å². The molecule has 0 spiro atoms. The Balaban J connectivity index is 1.64. The zero-order valence-electron chi connectivity index (χ0n) is 19.2. The Morgan fingerprint density at radius 1 is 1.12 bits per heavy atom. The summed E-state index contributed by atoms with van der Waals surface area (Å²) in [6.07, 6.45) is -1.21. The number of ether oxygens (including phenoxy) is 1. The zero-order valence-corrected chi connectivity index (χ0v) is 20.7. The molecule has 8 heteroatoms. The maximum absolute atomic E-state index is 13.9. The summed E-state index contributed by atoms with van der Waals surface area (Å²) in [4.78, 5) is 13.0. The minimum Gasteiger partial charge on any atom is -0.482 e. The molecule has 0 atom stereocenters. The number of fused-ring (bicyclic) bond motifs is 1. The first-order chi connectivity index (χ1) is 15.8. The van der Waals surface area contributed by atoms with Crippen molar-refractivity contribution in [1.82, 2.24) is 0 Å². The van der Waals surface area contributed by atoms with Crippen LogP contribution in [-0.4, -0.2) is 17.7 Å². The molecule has 2 aromatic rings. The van der Waals surface area contributed by atoms with Crippen molar-refractivity contribution in [2.45, 2.75) is 58.2 Å². The fraction of sp³-hybridized carbons (Fsp3) is 0.423. The zero-order chi connectivity index (χ0) is 24.8. The lowest BCUT2D eigenvalue weighted by Gasteiger charge is -2.37. The SMILES string of the molecule is Cc1ccc(NC(=O)c2cc(Br)c3c(c2)C(C2CCC(C(F)(F)F)CC2)=CC(C)(C)O3)cc1F. The molecule has 2 aliphatic rings. The molecule has 4 rings (SSSR count). The first kappa shape index (κ1) is 24.8. The van der Waals surface area contributed by atoms with Gasteiger partial charge >= 0.3 is 6.18 Å². The largest absolute Gasteiger partial charge is 0.482 e. The van der Waals surface area contributed by atoms with Gasteiger partial charge in [0.1, 0.15) is 17.2 Å². The van der Waals surface area contributed by atoms with Crippen molar-refractivity contribution in [3.8, 4) is 5.75 Å². The molecule has 0 aromatic heterocycles. The van der Waals surface area contributed by atoms with Crippen molar-refractivity contribution in [1.29, 1.82) is 0 Å². The molecular weight excluding hydrogens is 514 g/mol. The first-order valence-corrected chi connectivity index (χ1v) is 12.0. The number of carbonyl (C=O) groups excluding carboxylic acids is 1. The van der Waals surface area contributed by atoms with Gasteiger partial charge in [0.2, 0.25) is 0 Å². The van der Waals surface area contributed by atoms with Crippen molar-refractivity contribution in [2.75, 3.05) is 5.32 Å². The third kappa shape index (κ3) is 5.16. The highest BCUT2D eigenvalue weighted by atomic mass is 79.9. The van der Waals surface area contributed by atoms with E-state index in [0.29, 0.717) is 45.4 Å². The van der Waals surface area contributed by atoms with Gasteiger partial charge in [-0.1, -0.05) is 6.07 Å². The van der Waals surface area contributed by atoms with Crippen LogP contribution in [0.3, 0.4) is 0 Å². The van der Waals surface area contributed by atoms with Crippen LogP contribution in [0.1, 0.15) is 61.0 Å². The number of anilines is 1. The van der Waals surface area contributed by atoms with Crippen LogP contribution in [0.25, 0.3) is 5.57 Å². The molecule has 1 amide bonds. The number of carbonyl (C=O) groups is 1. The molecule has 3 nitrogen and oxygen atoms in total. The third-order valence-corrected chi connectivity index (χ3v) is 7.13. The van der Waals surface area contributed by atoms with Gasteiger partial charge < -0.3 is 10.1 Å². The van der Waals surface area contributed by atoms with E-state index in [0.717, 1.165) is 5.57 Å². The number of aryl methyl sites for hydroxylation is 1. The molecule has 0 bridgehead atoms. The van der Waals surface area contributed by atoms with Crippen molar-refractivity contribution >= 4 is 33.1 Å². The summed E-state index contributed by atoms with van der Waals surface area (Å²) in [6.45, 7) is 5.44. The summed E-state index contributed by atoms with van der Waals surface area (Å²) in [5, 5.41) is 2.71. The first-order valence-electron chi connectivity index (χ1n) is 11.2. The minimum absolute atomic E-state index is 0.0584. The maximum atomic E-state index is 13.9. The third-order valence-electron chi connectivity index (χ3n) is 6.54.